The Hall–Kier alpha value is -3.42. The molecule has 0 amide bonds. The van der Waals surface area contributed by atoms with Crippen molar-refractivity contribution in [2.24, 2.45) is 0 Å². The van der Waals surface area contributed by atoms with E-state index >= 15 is 0 Å². The van der Waals surface area contributed by atoms with E-state index in [1.54, 1.807) is 60.7 Å². The fourth-order valence-electron chi connectivity index (χ4n) is 2.94. The highest BCUT2D eigenvalue weighted by Crippen LogP contribution is 2.23. The van der Waals surface area contributed by atoms with E-state index < -0.39 is 37.1 Å². The Morgan fingerprint density at radius 2 is 1.48 bits per heavy atom. The lowest BCUT2D eigenvalue weighted by Gasteiger charge is -2.05. The van der Waals surface area contributed by atoms with Crippen molar-refractivity contribution >= 4 is 42.7 Å². The lowest BCUT2D eigenvalue weighted by Crippen LogP contribution is -2.14. The van der Waals surface area contributed by atoms with E-state index in [1.165, 1.54) is 0 Å². The molecule has 0 fully saturated rings. The summed E-state index contributed by atoms with van der Waals surface area (Å²) in [4.78, 5) is 12.4. The molecule has 0 spiro atoms. The van der Waals surface area contributed by atoms with Crippen molar-refractivity contribution in [3.05, 3.63) is 88.1 Å². The van der Waals surface area contributed by atoms with Gasteiger partial charge in [-0.15, -0.1) is 10.2 Å². The molecule has 33 heavy (non-hydrogen) atoms. The molecule has 0 aliphatic heterocycles. The first-order valence-electron chi connectivity index (χ1n) is 9.46. The van der Waals surface area contributed by atoms with Crippen LogP contribution in [0.15, 0.2) is 71.8 Å². The van der Waals surface area contributed by atoms with Gasteiger partial charge in [0, 0.05) is 11.3 Å². The molecule has 0 aliphatic carbocycles. The second-order valence-electron chi connectivity index (χ2n) is 6.88. The number of nitrogens with zero attached hydrogens (tertiary/aromatic N) is 3. The third-order valence-corrected chi connectivity index (χ3v) is 8.51. The average molecular weight is 504 g/mol. The molecule has 2 N–H and O–H groups in total. The zero-order chi connectivity index (χ0) is 23.5. The number of sulfonamides is 1. The van der Waals surface area contributed by atoms with Crippen LogP contribution in [0, 0.1) is 0 Å². The summed E-state index contributed by atoms with van der Waals surface area (Å²) >= 11 is 0.869. The van der Waals surface area contributed by atoms with Gasteiger partial charge in [-0.2, -0.15) is 5.10 Å². The first kappa shape index (κ1) is 22.8. The van der Waals surface area contributed by atoms with Gasteiger partial charge in [-0.1, -0.05) is 59.9 Å². The molecule has 2 aromatic heterocycles. The summed E-state index contributed by atoms with van der Waals surface area (Å²) < 4.78 is 53.1. The Morgan fingerprint density at radius 1 is 0.879 bits per heavy atom. The molecule has 0 saturated heterocycles. The number of H-pyrrole nitrogens is 1. The Kier molecular flexibility index (Phi) is 6.35. The molecule has 0 atom stereocenters. The smallest absolute Gasteiger partial charge is 0.239 e. The standard InChI is InChI=1S/C20H17N5O5S3/c26-20(14-7-3-1-4-8-14)19-16(11-21-24-19)32(27,28)12-17-22-23-18(31-17)13-33(29,30)25-15-9-5-2-6-10-15/h1-11,25H,12-13H2,(H,21,24). The van der Waals surface area contributed by atoms with Crippen LogP contribution in [-0.4, -0.2) is 43.0 Å². The lowest BCUT2D eigenvalue weighted by molar-refractivity contribution is 0.103. The fraction of sp³-hybridized carbons (Fsp3) is 0.100. The summed E-state index contributed by atoms with van der Waals surface area (Å²) in [5.74, 6) is -1.52. The van der Waals surface area contributed by atoms with Gasteiger partial charge in [0.1, 0.15) is 32.1 Å². The van der Waals surface area contributed by atoms with Crippen molar-refractivity contribution in [3.8, 4) is 0 Å². The maximum Gasteiger partial charge on any atom is 0.239 e. The minimum absolute atomic E-state index is 0.0965. The summed E-state index contributed by atoms with van der Waals surface area (Å²) in [6.07, 6.45) is 1.07. The molecule has 0 bridgehead atoms. The van der Waals surface area contributed by atoms with Crippen LogP contribution in [0.25, 0.3) is 0 Å². The highest BCUT2D eigenvalue weighted by atomic mass is 32.2. The van der Waals surface area contributed by atoms with Gasteiger partial charge < -0.3 is 0 Å². The molecule has 0 aliphatic rings. The number of benzene rings is 2. The second kappa shape index (κ2) is 9.21. The number of carbonyl (C=O) groups excluding carboxylic acids is 1. The summed E-state index contributed by atoms with van der Waals surface area (Å²) in [5, 5.41) is 14.0. The van der Waals surface area contributed by atoms with Gasteiger partial charge >= 0.3 is 0 Å². The quantitative estimate of drug-likeness (QED) is 0.330. The number of hydrogen-bond donors (Lipinski definition) is 2. The molecule has 0 unspecified atom stereocenters. The van der Waals surface area contributed by atoms with Crippen molar-refractivity contribution in [2.45, 2.75) is 16.4 Å². The number of aromatic amines is 1. The van der Waals surface area contributed by atoms with Gasteiger partial charge in [-0.05, 0) is 12.1 Å². The summed E-state index contributed by atoms with van der Waals surface area (Å²) in [7, 11) is -7.77. The number of carbonyl (C=O) groups is 1. The van der Waals surface area contributed by atoms with Crippen molar-refractivity contribution in [1.82, 2.24) is 20.4 Å². The van der Waals surface area contributed by atoms with Crippen LogP contribution in [0.5, 0.6) is 0 Å². The highest BCUT2D eigenvalue weighted by Gasteiger charge is 2.27. The summed E-state index contributed by atoms with van der Waals surface area (Å²) in [6.45, 7) is 0. The highest BCUT2D eigenvalue weighted by molar-refractivity contribution is 7.92. The van der Waals surface area contributed by atoms with Crippen LogP contribution in [0.2, 0.25) is 0 Å². The topological polar surface area (TPSA) is 152 Å². The third kappa shape index (κ3) is 5.50. The first-order chi connectivity index (χ1) is 15.7. The number of aromatic nitrogens is 4. The summed E-state index contributed by atoms with van der Waals surface area (Å²) in [6, 6.07) is 16.6. The van der Waals surface area contributed by atoms with Crippen molar-refractivity contribution in [3.63, 3.8) is 0 Å². The molecule has 170 valence electrons. The van der Waals surface area contributed by atoms with Gasteiger partial charge in [0.25, 0.3) is 0 Å². The molecule has 2 aromatic carbocycles. The molecule has 10 nitrogen and oxygen atoms in total. The largest absolute Gasteiger partial charge is 0.287 e. The van der Waals surface area contributed by atoms with Crippen LogP contribution in [0.3, 0.4) is 0 Å². The number of rotatable bonds is 9. The Balaban J connectivity index is 1.49. The van der Waals surface area contributed by atoms with Gasteiger partial charge in [0.15, 0.2) is 9.84 Å². The molecule has 0 saturated carbocycles. The van der Waals surface area contributed by atoms with E-state index in [1.807, 2.05) is 0 Å². The number of para-hydroxylation sites is 1. The molecule has 13 heteroatoms. The predicted octanol–water partition coefficient (Wildman–Crippen LogP) is 2.41. The van der Waals surface area contributed by atoms with Crippen molar-refractivity contribution in [2.75, 3.05) is 4.72 Å². The Morgan fingerprint density at radius 3 is 2.15 bits per heavy atom. The Labute approximate surface area is 193 Å². The van der Waals surface area contributed by atoms with Gasteiger partial charge in [-0.25, -0.2) is 16.8 Å². The number of hydrogen-bond acceptors (Lipinski definition) is 9. The van der Waals surface area contributed by atoms with Gasteiger partial charge in [-0.3, -0.25) is 14.6 Å². The second-order valence-corrected chi connectivity index (χ2v) is 11.7. The fourth-order valence-corrected chi connectivity index (χ4v) is 6.93. The minimum Gasteiger partial charge on any atom is -0.287 e. The maximum absolute atomic E-state index is 13.0. The van der Waals surface area contributed by atoms with E-state index in [4.69, 9.17) is 0 Å². The number of anilines is 1. The Bertz CT molecular complexity index is 1480. The maximum atomic E-state index is 13.0. The van der Waals surface area contributed by atoms with E-state index in [0.717, 1.165) is 17.5 Å². The molecular weight excluding hydrogens is 486 g/mol. The SMILES string of the molecule is O=C(c1ccccc1)c1[nH]ncc1S(=O)(=O)Cc1nnc(CS(=O)(=O)Nc2ccccc2)s1. The number of ketones is 1. The number of sulfone groups is 1. The van der Waals surface area contributed by atoms with Crippen LogP contribution < -0.4 is 4.72 Å². The van der Waals surface area contributed by atoms with Crippen LogP contribution in [-0.2, 0) is 31.4 Å². The first-order valence-corrected chi connectivity index (χ1v) is 13.6. The molecule has 4 aromatic rings. The monoisotopic (exact) mass is 503 g/mol. The van der Waals surface area contributed by atoms with E-state index in [0.29, 0.717) is 11.3 Å². The van der Waals surface area contributed by atoms with Crippen molar-refractivity contribution < 1.29 is 21.6 Å². The zero-order valence-corrected chi connectivity index (χ0v) is 19.3. The predicted molar refractivity (Wildman–Crippen MR) is 122 cm³/mol. The average Bonchev–Trinajstić information content (AvgIpc) is 3.44. The molecule has 2 heterocycles. The molecule has 4 rings (SSSR count). The van der Waals surface area contributed by atoms with Crippen molar-refractivity contribution in [1.29, 1.82) is 0 Å². The lowest BCUT2D eigenvalue weighted by atomic mass is 10.1. The summed E-state index contributed by atoms with van der Waals surface area (Å²) in [5.41, 5.74) is 0.563. The van der Waals surface area contributed by atoms with Gasteiger partial charge in [0.05, 0.1) is 6.20 Å². The van der Waals surface area contributed by atoms with Crippen LogP contribution >= 0.6 is 11.3 Å². The van der Waals surface area contributed by atoms with E-state index in [2.05, 4.69) is 25.1 Å². The zero-order valence-electron chi connectivity index (χ0n) is 16.9. The van der Waals surface area contributed by atoms with Crippen LogP contribution in [0.4, 0.5) is 5.69 Å². The molecular formula is C20H17N5O5S3. The minimum atomic E-state index is -4.00. The normalized spacial score (nSPS) is 11.9. The number of nitrogens with one attached hydrogen (secondary N) is 2. The van der Waals surface area contributed by atoms with Crippen LogP contribution in [0.1, 0.15) is 26.1 Å². The molecule has 0 radical (unpaired) electrons. The van der Waals surface area contributed by atoms with E-state index in [9.17, 15) is 21.6 Å². The van der Waals surface area contributed by atoms with Gasteiger partial charge in [0.2, 0.25) is 15.8 Å². The van der Waals surface area contributed by atoms with E-state index in [-0.39, 0.29) is 20.6 Å². The third-order valence-electron chi connectivity index (χ3n) is 4.39.